The molecule has 0 atom stereocenters. The van der Waals surface area contributed by atoms with Gasteiger partial charge in [-0.05, 0) is 12.5 Å². The van der Waals surface area contributed by atoms with E-state index in [-0.39, 0.29) is 5.71 Å². The third kappa shape index (κ3) is 2.05. The monoisotopic (exact) mass is 178 g/mol. The van der Waals surface area contributed by atoms with Crippen LogP contribution in [-0.2, 0) is 0 Å². The van der Waals surface area contributed by atoms with Crippen molar-refractivity contribution < 1.29 is 10.4 Å². The van der Waals surface area contributed by atoms with E-state index in [9.17, 15) is 0 Å². The number of aryl methyl sites for hydroxylation is 1. The summed E-state index contributed by atoms with van der Waals surface area (Å²) in [5.41, 5.74) is 1.93. The van der Waals surface area contributed by atoms with Gasteiger partial charge in [-0.2, -0.15) is 0 Å². The number of benzene rings is 1. The molecule has 0 aliphatic heterocycles. The number of rotatable bonds is 2. The molecule has 0 fully saturated rings. The molecule has 4 nitrogen and oxygen atoms in total. The summed E-state index contributed by atoms with van der Waals surface area (Å²) in [4.78, 5) is 0. The Balaban J connectivity index is 3.13. The zero-order valence-corrected chi connectivity index (χ0v) is 7.18. The lowest BCUT2D eigenvalue weighted by Gasteiger charge is -2.01. The van der Waals surface area contributed by atoms with Crippen LogP contribution in [0.3, 0.4) is 0 Å². The maximum atomic E-state index is 8.62. The van der Waals surface area contributed by atoms with Gasteiger partial charge in [-0.3, -0.25) is 0 Å². The van der Waals surface area contributed by atoms with E-state index in [0.29, 0.717) is 0 Å². The van der Waals surface area contributed by atoms with Crippen molar-refractivity contribution in [3.05, 3.63) is 35.4 Å². The molecule has 0 saturated carbocycles. The Bertz CT molecular complexity index is 345. The Morgan fingerprint density at radius 3 is 2.54 bits per heavy atom. The maximum absolute atomic E-state index is 8.62. The fourth-order valence-corrected chi connectivity index (χ4v) is 1.06. The summed E-state index contributed by atoms with van der Waals surface area (Å²) in [5, 5.41) is 22.7. The van der Waals surface area contributed by atoms with Crippen LogP contribution in [0.1, 0.15) is 11.1 Å². The van der Waals surface area contributed by atoms with Gasteiger partial charge in [0.2, 0.25) is 0 Å². The van der Waals surface area contributed by atoms with Gasteiger partial charge < -0.3 is 10.4 Å². The molecule has 0 aliphatic carbocycles. The lowest BCUT2D eigenvalue weighted by Crippen LogP contribution is -2.04. The Labute approximate surface area is 75.8 Å². The summed E-state index contributed by atoms with van der Waals surface area (Å²) in [5.74, 6) is 0. The minimum atomic E-state index is 0.237. The summed E-state index contributed by atoms with van der Waals surface area (Å²) < 4.78 is 0. The minimum absolute atomic E-state index is 0.237. The van der Waals surface area contributed by atoms with Gasteiger partial charge in [0.05, 0.1) is 6.21 Å². The van der Waals surface area contributed by atoms with Crippen molar-refractivity contribution in [3.63, 3.8) is 0 Å². The average molecular weight is 178 g/mol. The molecule has 0 aromatic heterocycles. The SMILES string of the molecule is Cc1ccccc1C(C=NO)=NO. The average Bonchev–Trinajstić information content (AvgIpc) is 2.16. The second-order valence-corrected chi connectivity index (χ2v) is 2.54. The summed E-state index contributed by atoms with van der Waals surface area (Å²) in [7, 11) is 0. The first-order valence-corrected chi connectivity index (χ1v) is 3.75. The van der Waals surface area contributed by atoms with Crippen LogP contribution in [0, 0.1) is 6.92 Å². The highest BCUT2D eigenvalue weighted by Gasteiger charge is 2.03. The van der Waals surface area contributed by atoms with Crippen molar-refractivity contribution >= 4 is 11.9 Å². The molecule has 0 bridgehead atoms. The van der Waals surface area contributed by atoms with E-state index < -0.39 is 0 Å². The number of hydrogen-bond acceptors (Lipinski definition) is 4. The molecule has 2 N–H and O–H groups in total. The second-order valence-electron chi connectivity index (χ2n) is 2.54. The van der Waals surface area contributed by atoms with Crippen LogP contribution in [0.2, 0.25) is 0 Å². The minimum Gasteiger partial charge on any atom is -0.411 e. The summed E-state index contributed by atoms with van der Waals surface area (Å²) in [6.07, 6.45) is 1.09. The van der Waals surface area contributed by atoms with Gasteiger partial charge in [0.25, 0.3) is 0 Å². The molecule has 1 rings (SSSR count). The van der Waals surface area contributed by atoms with Crippen molar-refractivity contribution in [1.29, 1.82) is 0 Å². The van der Waals surface area contributed by atoms with E-state index >= 15 is 0 Å². The summed E-state index contributed by atoms with van der Waals surface area (Å²) in [6.45, 7) is 1.88. The number of oxime groups is 2. The van der Waals surface area contributed by atoms with E-state index in [0.717, 1.165) is 17.3 Å². The molecule has 68 valence electrons. The molecular formula is C9H10N2O2. The maximum Gasteiger partial charge on any atom is 0.131 e. The largest absolute Gasteiger partial charge is 0.411 e. The molecule has 0 radical (unpaired) electrons. The fraction of sp³-hybridized carbons (Fsp3) is 0.111. The topological polar surface area (TPSA) is 65.2 Å². The molecule has 1 aromatic carbocycles. The highest BCUT2D eigenvalue weighted by molar-refractivity contribution is 6.38. The molecule has 0 spiro atoms. The normalized spacial score (nSPS) is 12.2. The molecule has 0 amide bonds. The van der Waals surface area contributed by atoms with Crippen molar-refractivity contribution in [1.82, 2.24) is 0 Å². The van der Waals surface area contributed by atoms with Crippen LogP contribution in [0.25, 0.3) is 0 Å². The highest BCUT2D eigenvalue weighted by Crippen LogP contribution is 2.07. The molecule has 0 saturated heterocycles. The van der Waals surface area contributed by atoms with Gasteiger partial charge in [-0.15, -0.1) is 0 Å². The highest BCUT2D eigenvalue weighted by atomic mass is 16.4. The molecule has 0 unspecified atom stereocenters. The van der Waals surface area contributed by atoms with Crippen molar-refractivity contribution in [2.24, 2.45) is 10.3 Å². The lowest BCUT2D eigenvalue weighted by molar-refractivity contribution is 0.316. The van der Waals surface area contributed by atoms with Gasteiger partial charge in [-0.25, -0.2) is 0 Å². The third-order valence-corrected chi connectivity index (χ3v) is 1.71. The standard InChI is InChI=1S/C9H10N2O2/c1-7-4-2-3-5-8(7)9(11-13)6-10-12/h2-6,12-13H,1H3. The van der Waals surface area contributed by atoms with Crippen LogP contribution in [0.15, 0.2) is 34.6 Å². The predicted octanol–water partition coefficient (Wildman–Crippen LogP) is 1.63. The Hall–Kier alpha value is -1.84. The van der Waals surface area contributed by atoms with E-state index in [1.807, 2.05) is 25.1 Å². The number of hydrogen-bond donors (Lipinski definition) is 2. The Kier molecular flexibility index (Phi) is 3.03. The van der Waals surface area contributed by atoms with Gasteiger partial charge in [-0.1, -0.05) is 34.6 Å². The van der Waals surface area contributed by atoms with Gasteiger partial charge in [0.15, 0.2) is 0 Å². The summed E-state index contributed by atoms with van der Waals surface area (Å²) >= 11 is 0. The van der Waals surface area contributed by atoms with E-state index in [4.69, 9.17) is 10.4 Å². The van der Waals surface area contributed by atoms with Gasteiger partial charge >= 0.3 is 0 Å². The number of nitrogens with zero attached hydrogens (tertiary/aromatic N) is 2. The Morgan fingerprint density at radius 2 is 2.00 bits per heavy atom. The van der Waals surface area contributed by atoms with Crippen LogP contribution < -0.4 is 0 Å². The first kappa shape index (κ1) is 9.25. The van der Waals surface area contributed by atoms with Crippen molar-refractivity contribution in [2.45, 2.75) is 6.92 Å². The summed E-state index contributed by atoms with van der Waals surface area (Å²) in [6, 6.07) is 7.36. The van der Waals surface area contributed by atoms with E-state index in [1.165, 1.54) is 0 Å². The molecule has 13 heavy (non-hydrogen) atoms. The predicted molar refractivity (Wildman–Crippen MR) is 49.8 cm³/mol. The first-order chi connectivity index (χ1) is 6.29. The zero-order chi connectivity index (χ0) is 9.68. The van der Waals surface area contributed by atoms with Crippen LogP contribution in [-0.4, -0.2) is 22.3 Å². The van der Waals surface area contributed by atoms with Crippen molar-refractivity contribution in [2.75, 3.05) is 0 Å². The Morgan fingerprint density at radius 1 is 1.31 bits per heavy atom. The van der Waals surface area contributed by atoms with E-state index in [2.05, 4.69) is 10.3 Å². The van der Waals surface area contributed by atoms with Crippen LogP contribution in [0.4, 0.5) is 0 Å². The third-order valence-electron chi connectivity index (χ3n) is 1.71. The smallest absolute Gasteiger partial charge is 0.131 e. The zero-order valence-electron chi connectivity index (χ0n) is 7.18. The van der Waals surface area contributed by atoms with Crippen LogP contribution in [0.5, 0.6) is 0 Å². The molecule has 0 aliphatic rings. The van der Waals surface area contributed by atoms with Crippen molar-refractivity contribution in [3.8, 4) is 0 Å². The first-order valence-electron chi connectivity index (χ1n) is 3.75. The molecular weight excluding hydrogens is 168 g/mol. The molecule has 1 aromatic rings. The van der Waals surface area contributed by atoms with Gasteiger partial charge in [0.1, 0.15) is 5.71 Å². The fourth-order valence-electron chi connectivity index (χ4n) is 1.06. The second kappa shape index (κ2) is 4.25. The molecule has 0 heterocycles. The van der Waals surface area contributed by atoms with Gasteiger partial charge in [0, 0.05) is 5.56 Å². The van der Waals surface area contributed by atoms with Crippen LogP contribution >= 0.6 is 0 Å². The van der Waals surface area contributed by atoms with E-state index in [1.54, 1.807) is 6.07 Å². The quantitative estimate of drug-likeness (QED) is 0.410. The molecule has 4 heteroatoms. The lowest BCUT2D eigenvalue weighted by atomic mass is 10.1.